The van der Waals surface area contributed by atoms with Gasteiger partial charge in [0.1, 0.15) is 49.5 Å². The summed E-state index contributed by atoms with van der Waals surface area (Å²) >= 11 is 0. The van der Waals surface area contributed by atoms with E-state index in [1.165, 1.54) is 48.0 Å². The molecule has 0 saturated carbocycles. The van der Waals surface area contributed by atoms with Gasteiger partial charge in [0.05, 0.1) is 12.3 Å². The molecule has 14 heteroatoms. The number of ether oxygens (including phenoxy) is 3. The topological polar surface area (TPSA) is 105 Å². The van der Waals surface area contributed by atoms with Crippen LogP contribution in [0.2, 0.25) is 0 Å². The minimum absolute atomic E-state index is 0.00881. The number of piperazine rings is 1. The predicted octanol–water partition coefficient (Wildman–Crippen LogP) is 7.07. The van der Waals surface area contributed by atoms with Crippen molar-refractivity contribution < 1.29 is 23.0 Å². The number of aromatic nitrogens is 6. The van der Waals surface area contributed by atoms with Crippen LogP contribution in [0.4, 0.5) is 20.2 Å². The Balaban J connectivity index is 0.00000138. The lowest BCUT2D eigenvalue weighted by Gasteiger charge is -2.37. The van der Waals surface area contributed by atoms with Crippen LogP contribution in [-0.4, -0.2) is 75.6 Å². The molecule has 0 amide bonds. The summed E-state index contributed by atoms with van der Waals surface area (Å²) in [6.45, 7) is 15.0. The first kappa shape index (κ1) is 41.1. The van der Waals surface area contributed by atoms with Crippen LogP contribution in [-0.2, 0) is 28.4 Å². The highest BCUT2D eigenvalue weighted by Gasteiger charge is 2.37. The highest BCUT2D eigenvalue weighted by molar-refractivity contribution is 5.54. The molecule has 3 heterocycles. The van der Waals surface area contributed by atoms with E-state index in [1.807, 2.05) is 36.4 Å². The number of anilines is 2. The summed E-state index contributed by atoms with van der Waals surface area (Å²) in [5.41, 5.74) is 3.03. The summed E-state index contributed by atoms with van der Waals surface area (Å²) < 4.78 is 50.8. The maximum Gasteiger partial charge on any atom is 0.350 e. The largest absolute Gasteiger partial charge is 0.491 e. The van der Waals surface area contributed by atoms with E-state index in [0.29, 0.717) is 12.3 Å². The fourth-order valence-corrected chi connectivity index (χ4v) is 6.04. The van der Waals surface area contributed by atoms with Gasteiger partial charge in [0.25, 0.3) is 0 Å². The van der Waals surface area contributed by atoms with Crippen LogP contribution in [0.1, 0.15) is 59.4 Å². The van der Waals surface area contributed by atoms with E-state index in [9.17, 15) is 13.6 Å². The van der Waals surface area contributed by atoms with Crippen molar-refractivity contribution in [1.82, 2.24) is 29.1 Å². The van der Waals surface area contributed by atoms with Crippen molar-refractivity contribution >= 4 is 11.4 Å². The zero-order chi connectivity index (χ0) is 39.4. The Bertz CT molecular complexity index is 1950. The molecule has 0 N–H and O–H groups in total. The number of hydrogen-bond donors (Lipinski definition) is 0. The molecule has 1 unspecified atom stereocenters. The van der Waals surface area contributed by atoms with Crippen LogP contribution in [0.15, 0.2) is 90.5 Å². The van der Waals surface area contributed by atoms with Gasteiger partial charge in [0, 0.05) is 62.8 Å². The average molecular weight is 761 g/mol. The fourth-order valence-electron chi connectivity index (χ4n) is 6.04. The van der Waals surface area contributed by atoms with Crippen molar-refractivity contribution in [2.75, 3.05) is 56.3 Å². The second-order valence-corrected chi connectivity index (χ2v) is 14.7. The molecule has 0 radical (unpaired) electrons. The van der Waals surface area contributed by atoms with Crippen LogP contribution in [0.25, 0.3) is 5.69 Å². The van der Waals surface area contributed by atoms with Gasteiger partial charge in [0.15, 0.2) is 0 Å². The number of hydrogen-bond acceptors (Lipinski definition) is 9. The third-order valence-electron chi connectivity index (χ3n) is 9.48. The Morgan fingerprint density at radius 3 is 1.95 bits per heavy atom. The van der Waals surface area contributed by atoms with Crippen LogP contribution in [0.5, 0.6) is 5.75 Å². The molecule has 1 saturated heterocycles. The van der Waals surface area contributed by atoms with E-state index in [1.54, 1.807) is 10.9 Å². The van der Waals surface area contributed by atoms with Crippen molar-refractivity contribution in [3.63, 3.8) is 0 Å². The highest BCUT2D eigenvalue weighted by Crippen LogP contribution is 2.32. The van der Waals surface area contributed by atoms with E-state index in [4.69, 9.17) is 14.2 Å². The van der Waals surface area contributed by atoms with E-state index in [0.717, 1.165) is 61.8 Å². The van der Waals surface area contributed by atoms with Crippen LogP contribution < -0.4 is 20.2 Å². The van der Waals surface area contributed by atoms with Crippen LogP contribution >= 0.6 is 0 Å². The number of halogens is 2. The van der Waals surface area contributed by atoms with Crippen LogP contribution in [0.3, 0.4) is 0 Å². The molecular formula is C41H54F2N8O4. The number of methoxy groups -OCH3 is 1. The van der Waals surface area contributed by atoms with Gasteiger partial charge in [-0.05, 0) is 72.5 Å². The second-order valence-electron chi connectivity index (χ2n) is 14.7. The predicted molar refractivity (Wildman–Crippen MR) is 210 cm³/mol. The standard InChI is InChI=1S/C37H44F2N8O4.C4H10/c1-36(2,3)15-16-47-35(48)46(27-42-47)31-8-6-29(7-9-31)43-17-19-44(20-18-43)30-10-12-32(13-11-30)50-21-22-51-37(49-4,24-45-26-40-25-41-45)33-14-5-28(38)23-34(33)39;1-3-4-2/h5-14,23,25-27H,15-22,24H2,1-4H3;3-4H2,1-2H3. The van der Waals surface area contributed by atoms with Gasteiger partial charge in [0.2, 0.25) is 5.79 Å². The lowest BCUT2D eigenvalue weighted by Crippen LogP contribution is -2.46. The highest BCUT2D eigenvalue weighted by atomic mass is 19.1. The lowest BCUT2D eigenvalue weighted by atomic mass is 9.92. The number of rotatable bonds is 15. The molecule has 5 aromatic rings. The lowest BCUT2D eigenvalue weighted by molar-refractivity contribution is -0.245. The molecule has 6 rings (SSSR count). The molecule has 2 aromatic heterocycles. The first-order valence-electron chi connectivity index (χ1n) is 18.9. The number of aryl methyl sites for hydroxylation is 1. The third kappa shape index (κ3) is 11.0. The summed E-state index contributed by atoms with van der Waals surface area (Å²) in [4.78, 5) is 21.5. The minimum atomic E-state index is -1.58. The molecule has 1 fully saturated rings. The van der Waals surface area contributed by atoms with Crippen molar-refractivity contribution in [2.24, 2.45) is 5.41 Å². The maximum atomic E-state index is 14.9. The summed E-state index contributed by atoms with van der Waals surface area (Å²) in [6, 6.07) is 19.2. The van der Waals surface area contributed by atoms with E-state index in [-0.39, 0.29) is 36.4 Å². The van der Waals surface area contributed by atoms with Gasteiger partial charge < -0.3 is 24.0 Å². The molecule has 12 nitrogen and oxygen atoms in total. The summed E-state index contributed by atoms with van der Waals surface area (Å²) in [6.07, 6.45) is 7.92. The molecular weight excluding hydrogens is 706 g/mol. The fraction of sp³-hybridized carbons (Fsp3) is 0.463. The molecule has 55 heavy (non-hydrogen) atoms. The first-order chi connectivity index (χ1) is 26.4. The van der Waals surface area contributed by atoms with Gasteiger partial charge in [-0.2, -0.15) is 10.2 Å². The van der Waals surface area contributed by atoms with Crippen molar-refractivity contribution in [3.8, 4) is 11.4 Å². The molecule has 1 atom stereocenters. The SMILES string of the molecule is CCCC.COC(Cn1cncn1)(OCCOc1ccc(N2CCN(c3ccc(-n4cnn(CCC(C)(C)C)c4=O)cc3)CC2)cc1)c1ccc(F)cc1F. The Morgan fingerprint density at radius 2 is 1.40 bits per heavy atom. The van der Waals surface area contributed by atoms with E-state index >= 15 is 0 Å². The zero-order valence-corrected chi connectivity index (χ0v) is 32.8. The van der Waals surface area contributed by atoms with Gasteiger partial charge in [-0.15, -0.1) is 0 Å². The molecule has 1 aliphatic rings. The van der Waals surface area contributed by atoms with Gasteiger partial charge >= 0.3 is 5.69 Å². The van der Waals surface area contributed by atoms with Gasteiger partial charge in [-0.1, -0.05) is 47.5 Å². The summed E-state index contributed by atoms with van der Waals surface area (Å²) in [7, 11) is 1.39. The van der Waals surface area contributed by atoms with E-state index < -0.39 is 17.4 Å². The van der Waals surface area contributed by atoms with Crippen molar-refractivity contribution in [3.05, 3.63) is 113 Å². The Hall–Kier alpha value is -5.08. The van der Waals surface area contributed by atoms with Gasteiger partial charge in [-0.25, -0.2) is 32.5 Å². The maximum absolute atomic E-state index is 14.9. The summed E-state index contributed by atoms with van der Waals surface area (Å²) in [5.74, 6) is -2.42. The zero-order valence-electron chi connectivity index (χ0n) is 32.8. The summed E-state index contributed by atoms with van der Waals surface area (Å²) in [5, 5.41) is 8.40. The number of unbranched alkanes of at least 4 members (excludes halogenated alkanes) is 1. The quantitative estimate of drug-likeness (QED) is 0.0819. The molecule has 0 aliphatic carbocycles. The van der Waals surface area contributed by atoms with Crippen molar-refractivity contribution in [2.45, 2.75) is 72.8 Å². The number of nitrogens with zero attached hydrogens (tertiary/aromatic N) is 8. The first-order valence-corrected chi connectivity index (χ1v) is 18.9. The smallest absolute Gasteiger partial charge is 0.350 e. The van der Waals surface area contributed by atoms with Gasteiger partial charge in [-0.3, -0.25) is 0 Å². The molecule has 1 aliphatic heterocycles. The Labute approximate surface area is 322 Å². The Morgan fingerprint density at radius 1 is 0.782 bits per heavy atom. The minimum Gasteiger partial charge on any atom is -0.491 e. The molecule has 0 bridgehead atoms. The van der Waals surface area contributed by atoms with Crippen molar-refractivity contribution in [1.29, 1.82) is 0 Å². The molecule has 3 aromatic carbocycles. The monoisotopic (exact) mass is 760 g/mol. The normalized spacial score (nSPS) is 14.3. The average Bonchev–Trinajstić information content (AvgIpc) is 3.84. The van der Waals surface area contributed by atoms with E-state index in [2.05, 4.69) is 71.7 Å². The third-order valence-corrected chi connectivity index (χ3v) is 9.48. The molecule has 296 valence electrons. The number of benzene rings is 3. The van der Waals surface area contributed by atoms with Crippen LogP contribution in [0, 0.1) is 17.0 Å². The molecule has 0 spiro atoms. The Kier molecular flexibility index (Phi) is 14.2. The second kappa shape index (κ2) is 19.0.